The minimum atomic E-state index is -0.0319. The van der Waals surface area contributed by atoms with Crippen LogP contribution in [0.5, 0.6) is 0 Å². The van der Waals surface area contributed by atoms with Crippen molar-refractivity contribution in [2.45, 2.75) is 136 Å². The smallest absolute Gasteiger partial charge is 0.219 e. The Labute approximate surface area is 244 Å². The molecule has 5 aliphatic rings. The molecular weight excluding hydrogens is 500 g/mol. The normalized spacial score (nSPS) is 44.0. The van der Waals surface area contributed by atoms with E-state index < -0.39 is 0 Å². The summed E-state index contributed by atoms with van der Waals surface area (Å²) in [6.45, 7) is 13.2. The topological polar surface area (TPSA) is 67.9 Å². The lowest BCUT2D eigenvalue weighted by Gasteiger charge is -2.63. The molecule has 11 atom stereocenters. The van der Waals surface area contributed by atoms with Crippen LogP contribution in [0.25, 0.3) is 0 Å². The zero-order valence-electron chi connectivity index (χ0n) is 26.4. The highest BCUT2D eigenvalue weighted by Gasteiger charge is 2.63. The second-order valence-corrected chi connectivity index (χ2v) is 14.8. The van der Waals surface area contributed by atoms with Crippen molar-refractivity contribution < 1.29 is 19.2 Å². The molecule has 1 heterocycles. The lowest BCUT2D eigenvalue weighted by Crippen LogP contribution is -2.59. The number of ether oxygens (including phenoxy) is 1. The van der Waals surface area contributed by atoms with E-state index in [0.717, 1.165) is 63.5 Å². The highest BCUT2D eigenvalue weighted by atomic mass is 16.7. The van der Waals surface area contributed by atoms with E-state index in [9.17, 15) is 9.59 Å². The molecule has 6 nitrogen and oxygen atoms in total. The van der Waals surface area contributed by atoms with E-state index in [1.807, 2.05) is 21.0 Å². The van der Waals surface area contributed by atoms with Gasteiger partial charge in [-0.3, -0.25) is 14.4 Å². The predicted octanol–water partition coefficient (Wildman–Crippen LogP) is 6.57. The Morgan fingerprint density at radius 3 is 2.48 bits per heavy atom. The molecule has 1 amide bonds. The predicted molar refractivity (Wildman–Crippen MR) is 158 cm³/mol. The minimum absolute atomic E-state index is 0.0319. The zero-order valence-corrected chi connectivity index (χ0v) is 26.4. The zero-order chi connectivity index (χ0) is 28.7. The van der Waals surface area contributed by atoms with Crippen LogP contribution in [-0.4, -0.2) is 55.2 Å². The molecule has 6 heteroatoms. The summed E-state index contributed by atoms with van der Waals surface area (Å²) in [6.07, 6.45) is 14.7. The van der Waals surface area contributed by atoms with Crippen molar-refractivity contribution in [1.29, 1.82) is 0 Å². The molecule has 1 saturated heterocycles. The summed E-state index contributed by atoms with van der Waals surface area (Å²) in [6, 6.07) is -0.0319. The van der Waals surface area contributed by atoms with Gasteiger partial charge in [-0.2, -0.15) is 5.06 Å². The van der Waals surface area contributed by atoms with Crippen LogP contribution in [0.3, 0.4) is 0 Å². The third-order valence-corrected chi connectivity index (χ3v) is 13.1. The number of nitrogens with zero attached hydrogens (tertiary/aromatic N) is 1. The molecule has 5 fully saturated rings. The molecule has 0 aromatic rings. The van der Waals surface area contributed by atoms with Gasteiger partial charge < -0.3 is 10.1 Å². The average molecular weight is 559 g/mol. The molecular formula is C34H58N2O4. The van der Waals surface area contributed by atoms with Crippen molar-refractivity contribution in [3.8, 4) is 0 Å². The van der Waals surface area contributed by atoms with E-state index in [4.69, 9.17) is 9.57 Å². The van der Waals surface area contributed by atoms with Gasteiger partial charge in [0.15, 0.2) is 5.78 Å². The molecule has 228 valence electrons. The molecule has 0 spiro atoms. The number of hydroxylamine groups is 2. The molecule has 5 unspecified atom stereocenters. The van der Waals surface area contributed by atoms with E-state index in [2.05, 4.69) is 31.2 Å². The van der Waals surface area contributed by atoms with Gasteiger partial charge in [0.1, 0.15) is 0 Å². The van der Waals surface area contributed by atoms with E-state index in [-0.39, 0.29) is 18.1 Å². The number of carbonyl (C=O) groups is 2. The molecule has 5 rings (SSSR count). The van der Waals surface area contributed by atoms with Crippen LogP contribution in [0, 0.1) is 46.3 Å². The summed E-state index contributed by atoms with van der Waals surface area (Å²) in [5.41, 5.74) is 0.713. The number of Topliss-reactive ketones (excluding diaryl/α,β-unsaturated/α-hetero) is 1. The molecule has 1 aliphatic heterocycles. The summed E-state index contributed by atoms with van der Waals surface area (Å²) in [7, 11) is 1.96. The molecule has 0 radical (unpaired) electrons. The number of nitrogens with one attached hydrogen (secondary N) is 1. The Morgan fingerprint density at radius 2 is 1.75 bits per heavy atom. The van der Waals surface area contributed by atoms with E-state index in [0.29, 0.717) is 59.2 Å². The summed E-state index contributed by atoms with van der Waals surface area (Å²) in [5.74, 6) is 4.55. The molecule has 0 bridgehead atoms. The van der Waals surface area contributed by atoms with Crippen LogP contribution in [0.1, 0.15) is 118 Å². The Morgan fingerprint density at radius 1 is 1.00 bits per heavy atom. The first-order chi connectivity index (χ1) is 19.2. The van der Waals surface area contributed by atoms with E-state index >= 15 is 0 Å². The number of ketones is 1. The molecule has 4 saturated carbocycles. The SMILES string of the molecule is CCNC(=O)CC[C@H](C)C1CCC2C3C(OC)C[C@@H]4C[C@H](ON5CCC[C@H]5C(=O)CC)CC[C@]4(C)C3CC[C@@]21C. The lowest BCUT2D eigenvalue weighted by atomic mass is 9.43. The van der Waals surface area contributed by atoms with Crippen LogP contribution < -0.4 is 5.32 Å². The van der Waals surface area contributed by atoms with Gasteiger partial charge >= 0.3 is 0 Å². The lowest BCUT2D eigenvalue weighted by molar-refractivity contribution is -0.240. The molecule has 0 aromatic heterocycles. The first-order valence-electron chi connectivity index (χ1n) is 16.9. The summed E-state index contributed by atoms with van der Waals surface area (Å²) >= 11 is 0. The van der Waals surface area contributed by atoms with Gasteiger partial charge in [0, 0.05) is 33.0 Å². The molecule has 0 aromatic carbocycles. The van der Waals surface area contributed by atoms with Crippen LogP contribution >= 0.6 is 0 Å². The maximum atomic E-state index is 12.5. The number of hydrogen-bond acceptors (Lipinski definition) is 5. The fraction of sp³-hybridized carbons (Fsp3) is 0.941. The van der Waals surface area contributed by atoms with Gasteiger partial charge in [-0.25, -0.2) is 0 Å². The second-order valence-electron chi connectivity index (χ2n) is 14.8. The quantitative estimate of drug-likeness (QED) is 0.329. The number of fused-ring (bicyclic) bond motifs is 5. The highest BCUT2D eigenvalue weighted by Crippen LogP contribution is 2.68. The largest absolute Gasteiger partial charge is 0.381 e. The second kappa shape index (κ2) is 12.3. The van der Waals surface area contributed by atoms with Gasteiger partial charge in [0.25, 0.3) is 0 Å². The first-order valence-corrected chi connectivity index (χ1v) is 16.9. The minimum Gasteiger partial charge on any atom is -0.381 e. The number of methoxy groups -OCH3 is 1. The Balaban J connectivity index is 1.27. The van der Waals surface area contributed by atoms with Gasteiger partial charge in [-0.15, -0.1) is 0 Å². The van der Waals surface area contributed by atoms with Crippen molar-refractivity contribution in [1.82, 2.24) is 10.4 Å². The van der Waals surface area contributed by atoms with Gasteiger partial charge in [0.05, 0.1) is 18.2 Å². The van der Waals surface area contributed by atoms with E-state index in [1.165, 1.54) is 32.1 Å². The number of rotatable bonds is 10. The van der Waals surface area contributed by atoms with Crippen molar-refractivity contribution >= 4 is 11.7 Å². The van der Waals surface area contributed by atoms with E-state index in [1.54, 1.807) is 0 Å². The Bertz CT molecular complexity index is 910. The Kier molecular flexibility index (Phi) is 9.39. The summed E-state index contributed by atoms with van der Waals surface area (Å²) in [5, 5.41) is 5.04. The summed E-state index contributed by atoms with van der Waals surface area (Å²) in [4.78, 5) is 31.3. The van der Waals surface area contributed by atoms with Crippen molar-refractivity contribution in [2.24, 2.45) is 46.3 Å². The maximum Gasteiger partial charge on any atom is 0.219 e. The first kappa shape index (κ1) is 30.5. The monoisotopic (exact) mass is 558 g/mol. The van der Waals surface area contributed by atoms with Gasteiger partial charge in [-0.1, -0.05) is 27.7 Å². The third-order valence-electron chi connectivity index (χ3n) is 13.1. The number of hydrogen-bond donors (Lipinski definition) is 1. The molecule has 1 N–H and O–H groups in total. The third kappa shape index (κ3) is 5.43. The van der Waals surface area contributed by atoms with Crippen LogP contribution in [0.15, 0.2) is 0 Å². The van der Waals surface area contributed by atoms with Gasteiger partial charge in [-0.05, 0) is 124 Å². The van der Waals surface area contributed by atoms with Crippen LogP contribution in [-0.2, 0) is 19.2 Å². The molecule has 4 aliphatic carbocycles. The molecule has 40 heavy (non-hydrogen) atoms. The summed E-state index contributed by atoms with van der Waals surface area (Å²) < 4.78 is 6.39. The van der Waals surface area contributed by atoms with Crippen molar-refractivity contribution in [2.75, 3.05) is 20.2 Å². The maximum absolute atomic E-state index is 12.5. The number of carbonyl (C=O) groups excluding carboxylic acids is 2. The van der Waals surface area contributed by atoms with Crippen LogP contribution in [0.2, 0.25) is 0 Å². The van der Waals surface area contributed by atoms with Gasteiger partial charge in [0.2, 0.25) is 5.91 Å². The number of amides is 1. The average Bonchev–Trinajstić information content (AvgIpc) is 3.55. The van der Waals surface area contributed by atoms with Crippen molar-refractivity contribution in [3.05, 3.63) is 0 Å². The van der Waals surface area contributed by atoms with Crippen LogP contribution in [0.4, 0.5) is 0 Å². The van der Waals surface area contributed by atoms with Crippen molar-refractivity contribution in [3.63, 3.8) is 0 Å². The standard InChI is InChI=1S/C34H58N2O4/c1-7-29(37)28-10-9-19-36(28)40-24-15-17-33(4)23(20-24)21-30(39-6)32-26-13-12-25(34(26,5)18-16-27(32)33)22(3)11-14-31(38)35-8-2/h22-28,30,32H,7-21H2,1-6H3,(H,35,38)/t22-,23-,24+,25?,26?,27?,28-,30?,32?,33-,34+/m0/s1. The Hall–Kier alpha value is -0.980. The highest BCUT2D eigenvalue weighted by molar-refractivity contribution is 5.83. The fourth-order valence-corrected chi connectivity index (χ4v) is 10.9. The fourth-order valence-electron chi connectivity index (χ4n) is 10.9.